The van der Waals surface area contributed by atoms with E-state index < -0.39 is 5.97 Å². The molecule has 0 fully saturated rings. The van der Waals surface area contributed by atoms with E-state index in [1.165, 1.54) is 0 Å². The molecule has 1 atom stereocenters. The molecule has 110 valence electrons. The van der Waals surface area contributed by atoms with E-state index in [1.54, 1.807) is 12.2 Å². The second-order valence-electron chi connectivity index (χ2n) is 5.29. The summed E-state index contributed by atoms with van der Waals surface area (Å²) in [7, 11) is 1.99. The number of carboxylic acid groups (broad SMARTS) is 1. The zero-order valence-electron chi connectivity index (χ0n) is 12.3. The second-order valence-corrected chi connectivity index (χ2v) is 5.29. The molecular weight excluding hydrogens is 274 g/mol. The van der Waals surface area contributed by atoms with Crippen LogP contribution in [0.2, 0.25) is 0 Å². The molecular formula is C19H17NO2. The molecule has 0 aromatic heterocycles. The zero-order valence-corrected chi connectivity index (χ0v) is 12.3. The molecule has 0 amide bonds. The second kappa shape index (κ2) is 5.90. The highest BCUT2D eigenvalue weighted by atomic mass is 16.4. The Hall–Kier alpha value is -2.81. The van der Waals surface area contributed by atoms with Crippen LogP contribution in [0.4, 0.5) is 0 Å². The van der Waals surface area contributed by atoms with Crippen molar-refractivity contribution in [2.24, 2.45) is 0 Å². The maximum atomic E-state index is 11.5. The topological polar surface area (TPSA) is 40.5 Å². The summed E-state index contributed by atoms with van der Waals surface area (Å²) >= 11 is 0. The number of likely N-dealkylation sites (N-methyl/N-ethyl adjacent to an activating group) is 1. The molecule has 1 N–H and O–H groups in total. The molecule has 1 aliphatic heterocycles. The number of carboxylic acids is 1. The number of rotatable bonds is 3. The minimum atomic E-state index is -0.900. The molecule has 0 bridgehead atoms. The highest BCUT2D eigenvalue weighted by Crippen LogP contribution is 2.34. The Bertz CT molecular complexity index is 733. The quantitative estimate of drug-likeness (QED) is 0.937. The van der Waals surface area contributed by atoms with E-state index >= 15 is 0 Å². The molecule has 3 nitrogen and oxygen atoms in total. The fourth-order valence-corrected chi connectivity index (χ4v) is 2.73. The average molecular weight is 291 g/mol. The SMILES string of the molecule is CN1C(c2ccccc2)=CC(C(=O)O)=CC1c1ccccc1. The van der Waals surface area contributed by atoms with E-state index in [-0.39, 0.29) is 6.04 Å². The predicted octanol–water partition coefficient (Wildman–Crippen LogP) is 3.73. The summed E-state index contributed by atoms with van der Waals surface area (Å²) in [4.78, 5) is 13.6. The molecule has 0 radical (unpaired) electrons. The van der Waals surface area contributed by atoms with Gasteiger partial charge in [0.05, 0.1) is 11.6 Å². The van der Waals surface area contributed by atoms with Crippen molar-refractivity contribution in [3.05, 3.63) is 89.5 Å². The van der Waals surface area contributed by atoms with E-state index in [0.717, 1.165) is 16.8 Å². The van der Waals surface area contributed by atoms with Gasteiger partial charge in [-0.05, 0) is 23.3 Å². The van der Waals surface area contributed by atoms with Gasteiger partial charge in [0, 0.05) is 12.7 Å². The summed E-state index contributed by atoms with van der Waals surface area (Å²) in [6.07, 6.45) is 3.53. The molecule has 1 unspecified atom stereocenters. The van der Waals surface area contributed by atoms with Crippen molar-refractivity contribution >= 4 is 11.7 Å². The third-order valence-corrected chi connectivity index (χ3v) is 3.88. The number of hydrogen-bond acceptors (Lipinski definition) is 2. The third-order valence-electron chi connectivity index (χ3n) is 3.88. The monoisotopic (exact) mass is 291 g/mol. The molecule has 0 saturated heterocycles. The van der Waals surface area contributed by atoms with Crippen LogP contribution in [-0.4, -0.2) is 23.0 Å². The Kier molecular flexibility index (Phi) is 3.79. The Morgan fingerprint density at radius 3 is 2.18 bits per heavy atom. The smallest absolute Gasteiger partial charge is 0.335 e. The van der Waals surface area contributed by atoms with E-state index in [1.807, 2.05) is 67.7 Å². The fraction of sp³-hybridized carbons (Fsp3) is 0.105. The first-order chi connectivity index (χ1) is 10.7. The molecule has 2 aromatic rings. The maximum absolute atomic E-state index is 11.5. The average Bonchev–Trinajstić information content (AvgIpc) is 2.56. The van der Waals surface area contributed by atoms with Gasteiger partial charge in [-0.3, -0.25) is 0 Å². The largest absolute Gasteiger partial charge is 0.478 e. The Labute approximate surface area is 129 Å². The van der Waals surface area contributed by atoms with Crippen LogP contribution in [0, 0.1) is 0 Å². The van der Waals surface area contributed by atoms with Crippen LogP contribution >= 0.6 is 0 Å². The number of benzene rings is 2. The van der Waals surface area contributed by atoms with E-state index in [4.69, 9.17) is 0 Å². The van der Waals surface area contributed by atoms with E-state index in [2.05, 4.69) is 4.90 Å². The first-order valence-corrected chi connectivity index (χ1v) is 7.17. The lowest BCUT2D eigenvalue weighted by Crippen LogP contribution is -2.26. The Morgan fingerprint density at radius 2 is 1.59 bits per heavy atom. The minimum absolute atomic E-state index is 0.0903. The molecule has 0 saturated carbocycles. The van der Waals surface area contributed by atoms with Gasteiger partial charge in [-0.1, -0.05) is 60.7 Å². The number of aliphatic carboxylic acids is 1. The van der Waals surface area contributed by atoms with Crippen LogP contribution < -0.4 is 0 Å². The number of carbonyl (C=O) groups is 1. The van der Waals surface area contributed by atoms with E-state index in [9.17, 15) is 9.90 Å². The lowest BCUT2D eigenvalue weighted by atomic mass is 9.95. The molecule has 3 heteroatoms. The fourth-order valence-electron chi connectivity index (χ4n) is 2.73. The Morgan fingerprint density at radius 1 is 1.00 bits per heavy atom. The number of nitrogens with zero attached hydrogens (tertiary/aromatic N) is 1. The maximum Gasteiger partial charge on any atom is 0.335 e. The summed E-state index contributed by atoms with van der Waals surface area (Å²) < 4.78 is 0. The van der Waals surface area contributed by atoms with Crippen molar-refractivity contribution in [3.63, 3.8) is 0 Å². The van der Waals surface area contributed by atoms with Gasteiger partial charge in [0.25, 0.3) is 0 Å². The van der Waals surface area contributed by atoms with Gasteiger partial charge < -0.3 is 10.0 Å². The van der Waals surface area contributed by atoms with Gasteiger partial charge in [0.1, 0.15) is 0 Å². The molecule has 1 heterocycles. The van der Waals surface area contributed by atoms with Gasteiger partial charge in [0.15, 0.2) is 0 Å². The first kappa shape index (κ1) is 14.1. The molecule has 2 aromatic carbocycles. The van der Waals surface area contributed by atoms with Crippen molar-refractivity contribution in [1.29, 1.82) is 0 Å². The summed E-state index contributed by atoms with van der Waals surface area (Å²) in [5.41, 5.74) is 3.32. The summed E-state index contributed by atoms with van der Waals surface area (Å²) in [6.45, 7) is 0. The van der Waals surface area contributed by atoms with Gasteiger partial charge in [0.2, 0.25) is 0 Å². The van der Waals surface area contributed by atoms with Gasteiger partial charge in [-0.2, -0.15) is 0 Å². The van der Waals surface area contributed by atoms with Crippen molar-refractivity contribution in [2.45, 2.75) is 6.04 Å². The standard InChI is InChI=1S/C19H17NO2/c1-20-17(14-8-4-2-5-9-14)12-16(19(21)22)13-18(20)15-10-6-3-7-11-15/h2-13,17H,1H3,(H,21,22). The van der Waals surface area contributed by atoms with Gasteiger partial charge in [-0.25, -0.2) is 4.79 Å². The lowest BCUT2D eigenvalue weighted by molar-refractivity contribution is -0.132. The summed E-state index contributed by atoms with van der Waals surface area (Å²) in [6, 6.07) is 19.7. The molecule has 3 rings (SSSR count). The van der Waals surface area contributed by atoms with Gasteiger partial charge in [-0.15, -0.1) is 0 Å². The van der Waals surface area contributed by atoms with Crippen molar-refractivity contribution in [2.75, 3.05) is 7.05 Å². The zero-order chi connectivity index (χ0) is 15.5. The molecule has 1 aliphatic rings. The van der Waals surface area contributed by atoms with Crippen LogP contribution in [0.3, 0.4) is 0 Å². The third kappa shape index (κ3) is 2.66. The highest BCUT2D eigenvalue weighted by Gasteiger charge is 2.25. The van der Waals surface area contributed by atoms with E-state index in [0.29, 0.717) is 5.57 Å². The van der Waals surface area contributed by atoms with Crippen LogP contribution in [0.5, 0.6) is 0 Å². The van der Waals surface area contributed by atoms with Crippen molar-refractivity contribution in [1.82, 2.24) is 4.90 Å². The normalized spacial score (nSPS) is 17.7. The predicted molar refractivity (Wildman–Crippen MR) is 87.1 cm³/mol. The first-order valence-electron chi connectivity index (χ1n) is 7.17. The summed E-state index contributed by atoms with van der Waals surface area (Å²) in [5, 5.41) is 9.42. The lowest BCUT2D eigenvalue weighted by Gasteiger charge is -2.34. The van der Waals surface area contributed by atoms with Gasteiger partial charge >= 0.3 is 5.97 Å². The number of hydrogen-bond donors (Lipinski definition) is 1. The minimum Gasteiger partial charge on any atom is -0.478 e. The van der Waals surface area contributed by atoms with Crippen LogP contribution in [0.25, 0.3) is 5.70 Å². The van der Waals surface area contributed by atoms with Crippen molar-refractivity contribution in [3.8, 4) is 0 Å². The molecule has 0 aliphatic carbocycles. The van der Waals surface area contributed by atoms with Crippen LogP contribution in [0.15, 0.2) is 78.4 Å². The van der Waals surface area contributed by atoms with Crippen molar-refractivity contribution < 1.29 is 9.90 Å². The molecule has 0 spiro atoms. The van der Waals surface area contributed by atoms with Crippen LogP contribution in [0.1, 0.15) is 17.2 Å². The molecule has 22 heavy (non-hydrogen) atoms. The summed E-state index contributed by atoms with van der Waals surface area (Å²) in [5.74, 6) is -0.900. The Balaban J connectivity index is 2.08. The highest BCUT2D eigenvalue weighted by molar-refractivity contribution is 5.93. The van der Waals surface area contributed by atoms with Crippen LogP contribution in [-0.2, 0) is 4.79 Å².